The first kappa shape index (κ1) is 11.5. The van der Waals surface area contributed by atoms with Crippen LogP contribution >= 0.6 is 0 Å². The van der Waals surface area contributed by atoms with Crippen molar-refractivity contribution in [3.8, 4) is 0 Å². The van der Waals surface area contributed by atoms with Crippen LogP contribution in [-0.4, -0.2) is 20.8 Å². The third-order valence-electron chi connectivity index (χ3n) is 3.59. The smallest absolute Gasteiger partial charge is 0.113 e. The van der Waals surface area contributed by atoms with E-state index >= 15 is 0 Å². The summed E-state index contributed by atoms with van der Waals surface area (Å²) in [7, 11) is 0. The Hall–Kier alpha value is -1.61. The summed E-state index contributed by atoms with van der Waals surface area (Å²) in [6.07, 6.45) is 4.37. The van der Waals surface area contributed by atoms with Gasteiger partial charge in [-0.2, -0.15) is 0 Å². The third kappa shape index (κ3) is 2.18. The Morgan fingerprint density at radius 3 is 3.17 bits per heavy atom. The number of aromatic nitrogens is 2. The van der Waals surface area contributed by atoms with Gasteiger partial charge in [0.25, 0.3) is 0 Å². The molecule has 1 aromatic carbocycles. The molecule has 3 nitrogen and oxygen atoms in total. The highest BCUT2D eigenvalue weighted by Gasteiger charge is 2.19. The zero-order valence-electron chi connectivity index (χ0n) is 10.6. The molecule has 1 atom stereocenters. The summed E-state index contributed by atoms with van der Waals surface area (Å²) in [6, 6.07) is 8.52. The Bertz CT molecular complexity index is 559. The Morgan fingerprint density at radius 1 is 1.44 bits per heavy atom. The molecule has 0 radical (unpaired) electrons. The summed E-state index contributed by atoms with van der Waals surface area (Å²) in [5.74, 6) is 1.06. The largest absolute Gasteiger partial charge is 0.391 e. The molecule has 1 aliphatic heterocycles. The van der Waals surface area contributed by atoms with E-state index in [1.807, 2.05) is 6.20 Å². The topological polar surface area (TPSA) is 38.0 Å². The maximum atomic E-state index is 9.76. The second-order valence-corrected chi connectivity index (χ2v) is 5.13. The van der Waals surface area contributed by atoms with Gasteiger partial charge >= 0.3 is 0 Å². The molecule has 2 heterocycles. The van der Waals surface area contributed by atoms with Gasteiger partial charge in [-0.1, -0.05) is 29.8 Å². The van der Waals surface area contributed by atoms with Gasteiger partial charge in [-0.05, 0) is 25.3 Å². The Morgan fingerprint density at radius 2 is 2.33 bits per heavy atom. The van der Waals surface area contributed by atoms with Crippen molar-refractivity contribution in [1.82, 2.24) is 9.55 Å². The minimum Gasteiger partial charge on any atom is -0.391 e. The fraction of sp³-hybridized carbons (Fsp3) is 0.400. The number of imidazole rings is 1. The highest BCUT2D eigenvalue weighted by molar-refractivity contribution is 5.26. The SMILES string of the molecule is Cc1cccc(Cc2ncc3n2CC(O)CC3)c1. The van der Waals surface area contributed by atoms with Crippen LogP contribution in [-0.2, 0) is 19.4 Å². The van der Waals surface area contributed by atoms with Crippen LogP contribution in [0.1, 0.15) is 29.1 Å². The van der Waals surface area contributed by atoms with Gasteiger partial charge in [0, 0.05) is 18.3 Å². The standard InChI is InChI=1S/C15H18N2O/c1-11-3-2-4-12(7-11)8-15-16-9-13-5-6-14(18)10-17(13)15/h2-4,7,9,14,18H,5-6,8,10H2,1H3. The zero-order chi connectivity index (χ0) is 12.5. The summed E-state index contributed by atoms with van der Waals surface area (Å²) in [6.45, 7) is 2.80. The maximum absolute atomic E-state index is 9.76. The van der Waals surface area contributed by atoms with Crippen molar-refractivity contribution >= 4 is 0 Å². The van der Waals surface area contributed by atoms with E-state index < -0.39 is 0 Å². The van der Waals surface area contributed by atoms with Crippen molar-refractivity contribution in [2.75, 3.05) is 0 Å². The molecule has 0 spiro atoms. The van der Waals surface area contributed by atoms with E-state index in [1.165, 1.54) is 16.8 Å². The van der Waals surface area contributed by atoms with Crippen molar-refractivity contribution < 1.29 is 5.11 Å². The van der Waals surface area contributed by atoms with Gasteiger partial charge in [0.15, 0.2) is 0 Å². The summed E-state index contributed by atoms with van der Waals surface area (Å²) < 4.78 is 2.18. The number of aliphatic hydroxyl groups excluding tert-OH is 1. The zero-order valence-corrected chi connectivity index (χ0v) is 10.6. The lowest BCUT2D eigenvalue weighted by molar-refractivity contribution is 0.130. The Balaban J connectivity index is 1.87. The summed E-state index contributed by atoms with van der Waals surface area (Å²) in [5.41, 5.74) is 3.81. The van der Waals surface area contributed by atoms with Crippen LogP contribution in [0.4, 0.5) is 0 Å². The van der Waals surface area contributed by atoms with Crippen LogP contribution in [0, 0.1) is 6.92 Å². The molecule has 0 bridgehead atoms. The predicted molar refractivity (Wildman–Crippen MR) is 70.5 cm³/mol. The van der Waals surface area contributed by atoms with Crippen LogP contribution < -0.4 is 0 Å². The first-order chi connectivity index (χ1) is 8.72. The van der Waals surface area contributed by atoms with Crippen LogP contribution in [0.25, 0.3) is 0 Å². The van der Waals surface area contributed by atoms with Gasteiger partial charge in [0.1, 0.15) is 5.82 Å². The molecule has 18 heavy (non-hydrogen) atoms. The lowest BCUT2D eigenvalue weighted by atomic mass is 10.1. The third-order valence-corrected chi connectivity index (χ3v) is 3.59. The summed E-state index contributed by atoms with van der Waals surface area (Å²) >= 11 is 0. The number of fused-ring (bicyclic) bond motifs is 1. The van der Waals surface area contributed by atoms with Crippen molar-refractivity contribution in [2.24, 2.45) is 0 Å². The number of nitrogens with zero attached hydrogens (tertiary/aromatic N) is 2. The maximum Gasteiger partial charge on any atom is 0.113 e. The van der Waals surface area contributed by atoms with Gasteiger partial charge in [0.05, 0.1) is 12.6 Å². The van der Waals surface area contributed by atoms with Crippen LogP contribution in [0.5, 0.6) is 0 Å². The van der Waals surface area contributed by atoms with Crippen molar-refractivity contribution in [1.29, 1.82) is 0 Å². The van der Waals surface area contributed by atoms with Crippen molar-refractivity contribution in [3.05, 3.63) is 53.1 Å². The molecule has 1 aliphatic rings. The van der Waals surface area contributed by atoms with Crippen LogP contribution in [0.2, 0.25) is 0 Å². The minimum atomic E-state index is -0.219. The molecule has 0 saturated carbocycles. The van der Waals surface area contributed by atoms with Gasteiger partial charge < -0.3 is 9.67 Å². The molecule has 1 unspecified atom stereocenters. The number of aliphatic hydroxyl groups is 1. The fourth-order valence-electron chi connectivity index (χ4n) is 2.64. The molecule has 0 aliphatic carbocycles. The monoisotopic (exact) mass is 242 g/mol. The van der Waals surface area contributed by atoms with Gasteiger partial charge in [-0.3, -0.25) is 0 Å². The van der Waals surface area contributed by atoms with E-state index in [0.717, 1.165) is 25.1 Å². The molecule has 94 valence electrons. The Labute approximate surface area is 107 Å². The van der Waals surface area contributed by atoms with Crippen molar-refractivity contribution in [3.63, 3.8) is 0 Å². The van der Waals surface area contributed by atoms with Gasteiger partial charge in [0.2, 0.25) is 0 Å². The molecular weight excluding hydrogens is 224 g/mol. The normalized spacial score (nSPS) is 18.7. The van der Waals surface area contributed by atoms with E-state index in [9.17, 15) is 5.11 Å². The first-order valence-electron chi connectivity index (χ1n) is 6.49. The molecule has 1 N–H and O–H groups in total. The van der Waals surface area contributed by atoms with E-state index in [-0.39, 0.29) is 6.10 Å². The number of rotatable bonds is 2. The predicted octanol–water partition coefficient (Wildman–Crippen LogP) is 2.09. The molecule has 0 fully saturated rings. The molecular formula is C15H18N2O. The number of aryl methyl sites for hydroxylation is 2. The minimum absolute atomic E-state index is 0.219. The highest BCUT2D eigenvalue weighted by Crippen LogP contribution is 2.19. The van der Waals surface area contributed by atoms with Crippen molar-refractivity contribution in [2.45, 2.75) is 38.8 Å². The van der Waals surface area contributed by atoms with Gasteiger partial charge in [-0.15, -0.1) is 0 Å². The molecule has 3 heteroatoms. The van der Waals surface area contributed by atoms with E-state index in [4.69, 9.17) is 0 Å². The first-order valence-corrected chi connectivity index (χ1v) is 6.49. The second kappa shape index (κ2) is 4.58. The number of benzene rings is 1. The fourth-order valence-corrected chi connectivity index (χ4v) is 2.64. The molecule has 0 amide bonds. The Kier molecular flexibility index (Phi) is 2.92. The molecule has 2 aromatic rings. The van der Waals surface area contributed by atoms with Crippen LogP contribution in [0.15, 0.2) is 30.5 Å². The second-order valence-electron chi connectivity index (χ2n) is 5.13. The average molecular weight is 242 g/mol. The molecule has 3 rings (SSSR count). The van der Waals surface area contributed by atoms with E-state index in [0.29, 0.717) is 6.54 Å². The lowest BCUT2D eigenvalue weighted by Gasteiger charge is -2.21. The molecule has 1 aromatic heterocycles. The summed E-state index contributed by atoms with van der Waals surface area (Å²) in [5, 5.41) is 9.76. The van der Waals surface area contributed by atoms with E-state index in [1.54, 1.807) is 0 Å². The average Bonchev–Trinajstić information content (AvgIpc) is 2.72. The highest BCUT2D eigenvalue weighted by atomic mass is 16.3. The summed E-state index contributed by atoms with van der Waals surface area (Å²) in [4.78, 5) is 4.51. The van der Waals surface area contributed by atoms with Gasteiger partial charge in [-0.25, -0.2) is 4.98 Å². The quantitative estimate of drug-likeness (QED) is 0.875. The number of hydrogen-bond acceptors (Lipinski definition) is 2. The van der Waals surface area contributed by atoms with Crippen LogP contribution in [0.3, 0.4) is 0 Å². The molecule has 0 saturated heterocycles. The van der Waals surface area contributed by atoms with E-state index in [2.05, 4.69) is 40.7 Å². The lowest BCUT2D eigenvalue weighted by Crippen LogP contribution is -2.25. The number of hydrogen-bond donors (Lipinski definition) is 1.